The van der Waals surface area contributed by atoms with E-state index in [0.29, 0.717) is 19.6 Å². The molecule has 0 N–H and O–H groups in total. The minimum atomic E-state index is -0.367. The highest BCUT2D eigenvalue weighted by Crippen LogP contribution is 2.06. The standard InChI is InChI=1S/C11H20O4/c1-4-9(12)10(13)7-8-11(14-5-2)15-6-3/h11H,4-8H2,1-3H3. The van der Waals surface area contributed by atoms with Gasteiger partial charge in [-0.15, -0.1) is 0 Å². The Morgan fingerprint density at radius 3 is 1.93 bits per heavy atom. The van der Waals surface area contributed by atoms with E-state index in [4.69, 9.17) is 9.47 Å². The summed E-state index contributed by atoms with van der Waals surface area (Å²) in [7, 11) is 0. The molecule has 4 nitrogen and oxygen atoms in total. The van der Waals surface area contributed by atoms with Crippen LogP contribution in [0, 0.1) is 0 Å². The fourth-order valence-electron chi connectivity index (χ4n) is 1.17. The van der Waals surface area contributed by atoms with Gasteiger partial charge in [-0.05, 0) is 13.8 Å². The lowest BCUT2D eigenvalue weighted by Gasteiger charge is -2.15. The first-order valence-electron chi connectivity index (χ1n) is 5.44. The van der Waals surface area contributed by atoms with Crippen LogP contribution in [0.4, 0.5) is 0 Å². The molecule has 0 fully saturated rings. The molecule has 0 radical (unpaired) electrons. The van der Waals surface area contributed by atoms with Crippen LogP contribution in [0.3, 0.4) is 0 Å². The zero-order valence-corrected chi connectivity index (χ0v) is 9.75. The molecule has 0 aliphatic carbocycles. The van der Waals surface area contributed by atoms with E-state index in [1.54, 1.807) is 6.92 Å². The lowest BCUT2D eigenvalue weighted by atomic mass is 10.1. The third-order valence-corrected chi connectivity index (χ3v) is 1.94. The van der Waals surface area contributed by atoms with Gasteiger partial charge in [-0.25, -0.2) is 0 Å². The predicted molar refractivity (Wildman–Crippen MR) is 56.6 cm³/mol. The van der Waals surface area contributed by atoms with E-state index in [1.165, 1.54) is 0 Å². The fourth-order valence-corrected chi connectivity index (χ4v) is 1.17. The summed E-state index contributed by atoms with van der Waals surface area (Å²) in [6.07, 6.45) is 0.560. The minimum absolute atomic E-state index is 0.206. The molecule has 0 unspecified atom stereocenters. The van der Waals surface area contributed by atoms with Crippen molar-refractivity contribution < 1.29 is 19.1 Å². The summed E-state index contributed by atoms with van der Waals surface area (Å²) in [5, 5.41) is 0. The summed E-state index contributed by atoms with van der Waals surface area (Å²) in [6, 6.07) is 0. The average Bonchev–Trinajstić information content (AvgIpc) is 2.25. The summed E-state index contributed by atoms with van der Waals surface area (Å²) < 4.78 is 10.5. The Hall–Kier alpha value is -0.740. The summed E-state index contributed by atoms with van der Waals surface area (Å²) >= 11 is 0. The Bertz CT molecular complexity index is 195. The topological polar surface area (TPSA) is 52.6 Å². The van der Waals surface area contributed by atoms with Crippen molar-refractivity contribution in [2.24, 2.45) is 0 Å². The Morgan fingerprint density at radius 2 is 1.53 bits per heavy atom. The van der Waals surface area contributed by atoms with Crippen molar-refractivity contribution in [3.05, 3.63) is 0 Å². The molecule has 0 saturated heterocycles. The van der Waals surface area contributed by atoms with Crippen molar-refractivity contribution in [2.45, 2.75) is 46.3 Å². The quantitative estimate of drug-likeness (QED) is 0.435. The maximum Gasteiger partial charge on any atom is 0.198 e. The van der Waals surface area contributed by atoms with Gasteiger partial charge in [0, 0.05) is 32.5 Å². The Kier molecular flexibility index (Phi) is 8.14. The third kappa shape index (κ3) is 6.36. The first-order chi connectivity index (χ1) is 7.15. The van der Waals surface area contributed by atoms with Crippen LogP contribution in [0.25, 0.3) is 0 Å². The molecule has 0 rings (SSSR count). The zero-order valence-electron chi connectivity index (χ0n) is 9.75. The van der Waals surface area contributed by atoms with Gasteiger partial charge >= 0.3 is 0 Å². The van der Waals surface area contributed by atoms with Gasteiger partial charge < -0.3 is 9.47 Å². The molecule has 0 spiro atoms. The van der Waals surface area contributed by atoms with Crippen molar-refractivity contribution >= 4 is 11.6 Å². The molecule has 0 saturated carbocycles. The van der Waals surface area contributed by atoms with Crippen LogP contribution in [-0.4, -0.2) is 31.1 Å². The summed E-state index contributed by atoms with van der Waals surface area (Å²) in [4.78, 5) is 22.2. The molecule has 0 amide bonds. The molecule has 0 aliphatic rings. The fraction of sp³-hybridized carbons (Fsp3) is 0.818. The number of ketones is 2. The second-order valence-corrected chi connectivity index (χ2v) is 3.08. The molecule has 0 aromatic rings. The van der Waals surface area contributed by atoms with E-state index < -0.39 is 0 Å². The van der Waals surface area contributed by atoms with Crippen molar-refractivity contribution in [2.75, 3.05) is 13.2 Å². The summed E-state index contributed by atoms with van der Waals surface area (Å²) in [6.45, 7) is 6.50. The molecule has 88 valence electrons. The second-order valence-electron chi connectivity index (χ2n) is 3.08. The van der Waals surface area contributed by atoms with E-state index in [0.717, 1.165) is 0 Å². The molecular formula is C11H20O4. The van der Waals surface area contributed by atoms with Crippen LogP contribution < -0.4 is 0 Å². The molecule has 0 bridgehead atoms. The largest absolute Gasteiger partial charge is 0.353 e. The highest BCUT2D eigenvalue weighted by Gasteiger charge is 2.15. The molecule has 0 aromatic heterocycles. The first-order valence-corrected chi connectivity index (χ1v) is 5.44. The number of carbonyl (C=O) groups excluding carboxylic acids is 2. The van der Waals surface area contributed by atoms with Gasteiger partial charge in [-0.1, -0.05) is 6.92 Å². The number of rotatable bonds is 9. The van der Waals surface area contributed by atoms with Crippen LogP contribution in [0.15, 0.2) is 0 Å². The van der Waals surface area contributed by atoms with Crippen LogP contribution in [0.1, 0.15) is 40.0 Å². The molecule has 0 heterocycles. The van der Waals surface area contributed by atoms with Gasteiger partial charge in [-0.2, -0.15) is 0 Å². The highest BCUT2D eigenvalue weighted by atomic mass is 16.7. The molecule has 15 heavy (non-hydrogen) atoms. The normalized spacial score (nSPS) is 10.7. The van der Waals surface area contributed by atoms with Gasteiger partial charge in [0.2, 0.25) is 0 Å². The van der Waals surface area contributed by atoms with Crippen molar-refractivity contribution in [1.82, 2.24) is 0 Å². The van der Waals surface area contributed by atoms with Crippen LogP contribution in [0.5, 0.6) is 0 Å². The lowest BCUT2D eigenvalue weighted by Crippen LogP contribution is -2.21. The number of ether oxygens (including phenoxy) is 2. The molecular weight excluding hydrogens is 196 g/mol. The molecule has 4 heteroatoms. The smallest absolute Gasteiger partial charge is 0.198 e. The summed E-state index contributed by atoms with van der Waals surface area (Å²) in [5.41, 5.74) is 0. The molecule has 0 aliphatic heterocycles. The third-order valence-electron chi connectivity index (χ3n) is 1.94. The van der Waals surface area contributed by atoms with E-state index in [2.05, 4.69) is 0 Å². The van der Waals surface area contributed by atoms with Crippen molar-refractivity contribution in [1.29, 1.82) is 0 Å². The number of hydrogen-bond acceptors (Lipinski definition) is 4. The average molecular weight is 216 g/mol. The predicted octanol–water partition coefficient (Wildman–Crippen LogP) is 1.71. The SMILES string of the molecule is CCOC(CCC(=O)C(=O)CC)OCC. The summed E-state index contributed by atoms with van der Waals surface area (Å²) in [5.74, 6) is -0.649. The van der Waals surface area contributed by atoms with Crippen LogP contribution >= 0.6 is 0 Å². The van der Waals surface area contributed by atoms with Crippen LogP contribution in [0.2, 0.25) is 0 Å². The zero-order chi connectivity index (χ0) is 11.7. The van der Waals surface area contributed by atoms with Crippen molar-refractivity contribution in [3.8, 4) is 0 Å². The van der Waals surface area contributed by atoms with E-state index >= 15 is 0 Å². The Labute approximate surface area is 90.9 Å². The monoisotopic (exact) mass is 216 g/mol. The number of hydrogen-bond donors (Lipinski definition) is 0. The highest BCUT2D eigenvalue weighted by molar-refractivity contribution is 6.37. The van der Waals surface area contributed by atoms with Gasteiger partial charge in [0.15, 0.2) is 17.9 Å². The lowest BCUT2D eigenvalue weighted by molar-refractivity contribution is -0.147. The van der Waals surface area contributed by atoms with Gasteiger partial charge in [0.1, 0.15) is 0 Å². The first kappa shape index (κ1) is 14.3. The van der Waals surface area contributed by atoms with Gasteiger partial charge in [-0.3, -0.25) is 9.59 Å². The van der Waals surface area contributed by atoms with Gasteiger partial charge in [0.05, 0.1) is 0 Å². The van der Waals surface area contributed by atoms with E-state index in [-0.39, 0.29) is 30.7 Å². The minimum Gasteiger partial charge on any atom is -0.353 e. The van der Waals surface area contributed by atoms with Gasteiger partial charge in [0.25, 0.3) is 0 Å². The maximum atomic E-state index is 11.2. The number of carbonyl (C=O) groups is 2. The number of Topliss-reactive ketones (excluding diaryl/α,β-unsaturated/α-hetero) is 2. The Balaban J connectivity index is 3.87. The molecule has 0 atom stereocenters. The Morgan fingerprint density at radius 1 is 1.00 bits per heavy atom. The van der Waals surface area contributed by atoms with E-state index in [9.17, 15) is 9.59 Å². The second kappa shape index (κ2) is 8.56. The maximum absolute atomic E-state index is 11.2. The van der Waals surface area contributed by atoms with Crippen molar-refractivity contribution in [3.63, 3.8) is 0 Å². The van der Waals surface area contributed by atoms with Crippen LogP contribution in [-0.2, 0) is 19.1 Å². The molecule has 0 aromatic carbocycles. The van der Waals surface area contributed by atoms with E-state index in [1.807, 2.05) is 13.8 Å².